The van der Waals surface area contributed by atoms with E-state index >= 15 is 0 Å². The standard InChI is InChI=1S/C16H21NO4S/c1-12-4-8-15(9-5-12)22(19,20)17(11-10-14-6-7-14)13(2)16(18)21-3/h4-5,8-10,13H,6-7,11H2,1-3H3. The predicted molar refractivity (Wildman–Crippen MR) is 83.9 cm³/mol. The Kier molecular flexibility index (Phi) is 5.03. The largest absolute Gasteiger partial charge is 0.468 e. The Morgan fingerprint density at radius 2 is 1.91 bits per heavy atom. The quantitative estimate of drug-likeness (QED) is 0.595. The van der Waals surface area contributed by atoms with Gasteiger partial charge in [0.2, 0.25) is 10.0 Å². The Balaban J connectivity index is 2.34. The van der Waals surface area contributed by atoms with Crippen LogP contribution >= 0.6 is 0 Å². The lowest BCUT2D eigenvalue weighted by Crippen LogP contribution is -2.43. The molecule has 1 fully saturated rings. The maximum absolute atomic E-state index is 12.8. The van der Waals surface area contributed by atoms with Crippen LogP contribution in [-0.4, -0.2) is 38.4 Å². The maximum atomic E-state index is 12.8. The molecule has 1 atom stereocenters. The van der Waals surface area contributed by atoms with E-state index in [1.54, 1.807) is 31.2 Å². The SMILES string of the molecule is COC(=O)C(C)N(CC=C1CC1)S(=O)(=O)c1ccc(C)cc1. The lowest BCUT2D eigenvalue weighted by atomic mass is 10.2. The first-order valence-electron chi connectivity index (χ1n) is 7.20. The molecule has 2 rings (SSSR count). The molecule has 1 unspecified atom stereocenters. The maximum Gasteiger partial charge on any atom is 0.323 e. The number of hydrogen-bond donors (Lipinski definition) is 0. The average molecular weight is 323 g/mol. The summed E-state index contributed by atoms with van der Waals surface area (Å²) in [6.45, 7) is 3.62. The average Bonchev–Trinajstić information content (AvgIpc) is 3.30. The number of ether oxygens (including phenoxy) is 1. The van der Waals surface area contributed by atoms with Gasteiger partial charge in [-0.25, -0.2) is 8.42 Å². The number of benzene rings is 1. The molecule has 0 aromatic heterocycles. The fourth-order valence-corrected chi connectivity index (χ4v) is 3.62. The van der Waals surface area contributed by atoms with Crippen LogP contribution < -0.4 is 0 Å². The van der Waals surface area contributed by atoms with Crippen molar-refractivity contribution in [2.75, 3.05) is 13.7 Å². The molecule has 0 bridgehead atoms. The number of hydrogen-bond acceptors (Lipinski definition) is 4. The first kappa shape index (κ1) is 16.7. The molecule has 0 amide bonds. The third-order valence-electron chi connectivity index (χ3n) is 3.70. The zero-order valence-electron chi connectivity index (χ0n) is 13.1. The zero-order valence-corrected chi connectivity index (χ0v) is 13.9. The van der Waals surface area contributed by atoms with Crippen molar-refractivity contribution in [3.05, 3.63) is 41.5 Å². The van der Waals surface area contributed by atoms with Crippen molar-refractivity contribution in [1.29, 1.82) is 0 Å². The minimum absolute atomic E-state index is 0.182. The molecule has 0 aliphatic heterocycles. The highest BCUT2D eigenvalue weighted by atomic mass is 32.2. The third-order valence-corrected chi connectivity index (χ3v) is 5.65. The van der Waals surface area contributed by atoms with Gasteiger partial charge >= 0.3 is 5.97 Å². The zero-order chi connectivity index (χ0) is 16.3. The van der Waals surface area contributed by atoms with E-state index in [0.29, 0.717) is 0 Å². The highest BCUT2D eigenvalue weighted by molar-refractivity contribution is 7.89. The van der Waals surface area contributed by atoms with E-state index in [1.165, 1.54) is 17.0 Å². The van der Waals surface area contributed by atoms with Crippen LogP contribution in [0.3, 0.4) is 0 Å². The van der Waals surface area contributed by atoms with Crippen LogP contribution in [0.15, 0.2) is 40.8 Å². The molecular weight excluding hydrogens is 302 g/mol. The number of esters is 1. The smallest absolute Gasteiger partial charge is 0.323 e. The second-order valence-corrected chi connectivity index (χ2v) is 7.34. The van der Waals surface area contributed by atoms with Gasteiger partial charge in [-0.3, -0.25) is 4.79 Å². The molecule has 1 aromatic carbocycles. The Labute approximate surface area is 131 Å². The van der Waals surface area contributed by atoms with Gasteiger partial charge in [-0.15, -0.1) is 0 Å². The van der Waals surface area contributed by atoms with Crippen LogP contribution in [0.4, 0.5) is 0 Å². The summed E-state index contributed by atoms with van der Waals surface area (Å²) in [5.41, 5.74) is 2.20. The van der Waals surface area contributed by atoms with E-state index in [2.05, 4.69) is 0 Å². The fraction of sp³-hybridized carbons (Fsp3) is 0.438. The summed E-state index contributed by atoms with van der Waals surface area (Å²) in [7, 11) is -2.49. The van der Waals surface area contributed by atoms with Gasteiger partial charge in [0.1, 0.15) is 6.04 Å². The van der Waals surface area contributed by atoms with E-state index in [1.807, 2.05) is 13.0 Å². The minimum Gasteiger partial charge on any atom is -0.468 e. The fourth-order valence-electron chi connectivity index (χ4n) is 2.09. The Morgan fingerprint density at radius 3 is 2.41 bits per heavy atom. The van der Waals surface area contributed by atoms with E-state index in [4.69, 9.17) is 4.74 Å². The molecule has 1 saturated carbocycles. The molecule has 0 heterocycles. The molecule has 1 aromatic rings. The van der Waals surface area contributed by atoms with Gasteiger partial charge in [0.25, 0.3) is 0 Å². The van der Waals surface area contributed by atoms with Gasteiger partial charge in [0, 0.05) is 6.54 Å². The van der Waals surface area contributed by atoms with Crippen molar-refractivity contribution in [2.45, 2.75) is 37.6 Å². The molecule has 1 aliphatic rings. The number of carbonyl (C=O) groups excluding carboxylic acids is 1. The van der Waals surface area contributed by atoms with Crippen LogP contribution in [0.5, 0.6) is 0 Å². The molecule has 0 spiro atoms. The summed E-state index contributed by atoms with van der Waals surface area (Å²) in [6, 6.07) is 5.74. The topological polar surface area (TPSA) is 63.7 Å². The second-order valence-electron chi connectivity index (χ2n) is 5.45. The molecule has 5 nitrogen and oxygen atoms in total. The lowest BCUT2D eigenvalue weighted by molar-refractivity contribution is -0.144. The van der Waals surface area contributed by atoms with E-state index in [9.17, 15) is 13.2 Å². The summed E-state index contributed by atoms with van der Waals surface area (Å²) in [4.78, 5) is 12.0. The van der Waals surface area contributed by atoms with Gasteiger partial charge in [0.15, 0.2) is 0 Å². The summed E-state index contributed by atoms with van der Waals surface area (Å²) < 4.78 is 31.5. The summed E-state index contributed by atoms with van der Waals surface area (Å²) in [5, 5.41) is 0. The van der Waals surface area contributed by atoms with Crippen LogP contribution in [0.2, 0.25) is 0 Å². The first-order chi connectivity index (χ1) is 10.4. The van der Waals surface area contributed by atoms with E-state index < -0.39 is 22.0 Å². The van der Waals surface area contributed by atoms with Crippen LogP contribution in [-0.2, 0) is 19.6 Å². The monoisotopic (exact) mass is 323 g/mol. The van der Waals surface area contributed by atoms with E-state index in [-0.39, 0.29) is 11.4 Å². The molecule has 1 aliphatic carbocycles. The van der Waals surface area contributed by atoms with Gasteiger partial charge in [-0.1, -0.05) is 29.3 Å². The van der Waals surface area contributed by atoms with Gasteiger partial charge < -0.3 is 4.74 Å². The number of nitrogens with zero attached hydrogens (tertiary/aromatic N) is 1. The van der Waals surface area contributed by atoms with Crippen molar-refractivity contribution in [3.63, 3.8) is 0 Å². The Morgan fingerprint density at radius 1 is 1.32 bits per heavy atom. The van der Waals surface area contributed by atoms with Crippen molar-refractivity contribution in [2.24, 2.45) is 0 Å². The molecule has 120 valence electrons. The van der Waals surface area contributed by atoms with E-state index in [0.717, 1.165) is 18.4 Å². The number of allylic oxidation sites excluding steroid dienone is 1. The lowest BCUT2D eigenvalue weighted by Gasteiger charge is -2.25. The highest BCUT2D eigenvalue weighted by Gasteiger charge is 2.33. The van der Waals surface area contributed by atoms with Crippen LogP contribution in [0.1, 0.15) is 25.3 Å². The molecule has 6 heteroatoms. The highest BCUT2D eigenvalue weighted by Crippen LogP contribution is 2.28. The van der Waals surface area contributed by atoms with Crippen molar-refractivity contribution >= 4 is 16.0 Å². The number of methoxy groups -OCH3 is 1. The summed E-state index contributed by atoms with van der Waals surface area (Å²) in [6.07, 6.45) is 3.89. The molecule has 0 N–H and O–H groups in total. The third kappa shape index (κ3) is 3.75. The second kappa shape index (κ2) is 6.62. The van der Waals surface area contributed by atoms with Crippen LogP contribution in [0, 0.1) is 6.92 Å². The van der Waals surface area contributed by atoms with Crippen molar-refractivity contribution in [1.82, 2.24) is 4.31 Å². The number of carbonyl (C=O) groups is 1. The minimum atomic E-state index is -3.75. The van der Waals surface area contributed by atoms with Crippen molar-refractivity contribution < 1.29 is 17.9 Å². The molecule has 22 heavy (non-hydrogen) atoms. The molecule has 0 saturated heterocycles. The molecular formula is C16H21NO4S. The first-order valence-corrected chi connectivity index (χ1v) is 8.64. The summed E-state index contributed by atoms with van der Waals surface area (Å²) in [5.74, 6) is -0.565. The van der Waals surface area contributed by atoms with Crippen molar-refractivity contribution in [3.8, 4) is 0 Å². The van der Waals surface area contributed by atoms with Gasteiger partial charge in [0.05, 0.1) is 12.0 Å². The normalized spacial score (nSPS) is 15.5. The summed E-state index contributed by atoms with van der Waals surface area (Å²) >= 11 is 0. The Hall–Kier alpha value is -1.66. The molecule has 0 radical (unpaired) electrons. The number of sulfonamides is 1. The predicted octanol–water partition coefficient (Wildman–Crippen LogP) is 2.27. The number of rotatable bonds is 6. The Bertz CT molecular complexity index is 671. The van der Waals surface area contributed by atoms with Crippen LogP contribution in [0.25, 0.3) is 0 Å². The van der Waals surface area contributed by atoms with Gasteiger partial charge in [-0.2, -0.15) is 4.31 Å². The number of aryl methyl sites for hydroxylation is 1. The van der Waals surface area contributed by atoms with Gasteiger partial charge in [-0.05, 0) is 38.8 Å².